The fourth-order valence-corrected chi connectivity index (χ4v) is 1.98. The first kappa shape index (κ1) is 13.0. The molecule has 0 spiro atoms. The summed E-state index contributed by atoms with van der Waals surface area (Å²) in [5.41, 5.74) is 7.43. The van der Waals surface area contributed by atoms with E-state index in [9.17, 15) is 4.79 Å². The zero-order chi connectivity index (χ0) is 13.0. The number of ether oxygens (including phenoxy) is 2. The summed E-state index contributed by atoms with van der Waals surface area (Å²) in [6, 6.07) is 7.59. The Hall–Kier alpha value is -1.43. The second-order valence-electron chi connectivity index (χ2n) is 4.16. The van der Waals surface area contributed by atoms with Crippen LogP contribution in [0, 0.1) is 0 Å². The van der Waals surface area contributed by atoms with Crippen LogP contribution in [0.25, 0.3) is 0 Å². The van der Waals surface area contributed by atoms with Gasteiger partial charge in [-0.3, -0.25) is 4.79 Å². The average molecular weight is 250 g/mol. The van der Waals surface area contributed by atoms with Crippen molar-refractivity contribution in [3.63, 3.8) is 0 Å². The summed E-state index contributed by atoms with van der Waals surface area (Å²) in [5, 5.41) is 0. The Kier molecular flexibility index (Phi) is 4.30. The van der Waals surface area contributed by atoms with Crippen LogP contribution in [0.3, 0.4) is 0 Å². The molecular formula is C13H18N2O3. The monoisotopic (exact) mass is 250 g/mol. The Morgan fingerprint density at radius 1 is 1.44 bits per heavy atom. The standard InChI is InChI=1S/C13H18N2O3/c1-15(11-5-3-2-4-10(11)8-14)13(16)12-9-17-6-7-18-12/h2-5,12H,6-9,14H2,1H3. The van der Waals surface area contributed by atoms with Crippen molar-refractivity contribution in [1.29, 1.82) is 0 Å². The molecule has 1 amide bonds. The first-order valence-corrected chi connectivity index (χ1v) is 5.99. The average Bonchev–Trinajstić information content (AvgIpc) is 2.46. The van der Waals surface area contributed by atoms with Gasteiger partial charge in [-0.1, -0.05) is 18.2 Å². The smallest absolute Gasteiger partial charge is 0.258 e. The molecule has 1 unspecified atom stereocenters. The van der Waals surface area contributed by atoms with Gasteiger partial charge in [0.2, 0.25) is 0 Å². The number of nitrogens with two attached hydrogens (primary N) is 1. The van der Waals surface area contributed by atoms with E-state index in [1.54, 1.807) is 11.9 Å². The van der Waals surface area contributed by atoms with Crippen LogP contribution in [0.2, 0.25) is 0 Å². The maximum Gasteiger partial charge on any atom is 0.258 e. The molecule has 2 N–H and O–H groups in total. The number of amides is 1. The number of rotatable bonds is 3. The Bertz CT molecular complexity index is 416. The van der Waals surface area contributed by atoms with E-state index in [-0.39, 0.29) is 5.91 Å². The van der Waals surface area contributed by atoms with E-state index in [4.69, 9.17) is 15.2 Å². The fourth-order valence-electron chi connectivity index (χ4n) is 1.98. The summed E-state index contributed by atoms with van der Waals surface area (Å²) in [7, 11) is 1.73. The molecule has 1 aliphatic heterocycles. The lowest BCUT2D eigenvalue weighted by Gasteiger charge is -2.27. The van der Waals surface area contributed by atoms with Gasteiger partial charge in [0.05, 0.1) is 19.8 Å². The molecule has 1 aromatic carbocycles. The van der Waals surface area contributed by atoms with Crippen molar-refractivity contribution in [3.05, 3.63) is 29.8 Å². The highest BCUT2D eigenvalue weighted by Gasteiger charge is 2.27. The predicted molar refractivity (Wildman–Crippen MR) is 68.3 cm³/mol. The van der Waals surface area contributed by atoms with Gasteiger partial charge in [-0.2, -0.15) is 0 Å². The first-order chi connectivity index (χ1) is 8.74. The third-order valence-corrected chi connectivity index (χ3v) is 2.99. The molecule has 5 heteroatoms. The van der Waals surface area contributed by atoms with Crippen LogP contribution in [0.1, 0.15) is 5.56 Å². The lowest BCUT2D eigenvalue weighted by Crippen LogP contribution is -2.44. The Balaban J connectivity index is 2.14. The normalized spacial score (nSPS) is 19.6. The highest BCUT2D eigenvalue weighted by Crippen LogP contribution is 2.20. The molecule has 0 bridgehead atoms. The molecule has 1 heterocycles. The van der Waals surface area contributed by atoms with Gasteiger partial charge >= 0.3 is 0 Å². The van der Waals surface area contributed by atoms with E-state index in [0.29, 0.717) is 26.4 Å². The number of anilines is 1. The van der Waals surface area contributed by atoms with Gasteiger partial charge in [0.1, 0.15) is 0 Å². The van der Waals surface area contributed by atoms with Crippen LogP contribution in [-0.4, -0.2) is 38.9 Å². The quantitative estimate of drug-likeness (QED) is 0.849. The molecule has 98 valence electrons. The van der Waals surface area contributed by atoms with Crippen LogP contribution < -0.4 is 10.6 Å². The predicted octanol–water partition coefficient (Wildman–Crippen LogP) is 0.523. The van der Waals surface area contributed by atoms with Gasteiger partial charge in [0.25, 0.3) is 5.91 Å². The largest absolute Gasteiger partial charge is 0.376 e. The fraction of sp³-hybridized carbons (Fsp3) is 0.462. The van der Waals surface area contributed by atoms with Crippen molar-refractivity contribution >= 4 is 11.6 Å². The Labute approximate surface area is 106 Å². The number of likely N-dealkylation sites (N-methyl/N-ethyl adjacent to an activating group) is 1. The van der Waals surface area contributed by atoms with E-state index < -0.39 is 6.10 Å². The second kappa shape index (κ2) is 5.95. The summed E-state index contributed by atoms with van der Waals surface area (Å²) < 4.78 is 10.7. The summed E-state index contributed by atoms with van der Waals surface area (Å²) in [6.45, 7) is 1.72. The highest BCUT2D eigenvalue weighted by atomic mass is 16.6. The van der Waals surface area contributed by atoms with Gasteiger partial charge in [-0.05, 0) is 11.6 Å². The van der Waals surface area contributed by atoms with Gasteiger partial charge in [0.15, 0.2) is 6.10 Å². The third kappa shape index (κ3) is 2.69. The molecule has 1 aliphatic rings. The summed E-state index contributed by atoms with van der Waals surface area (Å²) in [5.74, 6) is -0.101. The molecule has 2 rings (SSSR count). The summed E-state index contributed by atoms with van der Waals surface area (Å²) >= 11 is 0. The lowest BCUT2D eigenvalue weighted by atomic mass is 10.1. The van der Waals surface area contributed by atoms with Crippen LogP contribution in [-0.2, 0) is 20.8 Å². The molecule has 1 aromatic rings. The number of nitrogens with zero attached hydrogens (tertiary/aromatic N) is 1. The van der Waals surface area contributed by atoms with Crippen molar-refractivity contribution < 1.29 is 14.3 Å². The molecule has 1 fully saturated rings. The number of carbonyl (C=O) groups is 1. The van der Waals surface area contributed by atoms with Gasteiger partial charge in [-0.25, -0.2) is 0 Å². The van der Waals surface area contributed by atoms with Gasteiger partial charge in [-0.15, -0.1) is 0 Å². The zero-order valence-corrected chi connectivity index (χ0v) is 10.5. The lowest BCUT2D eigenvalue weighted by molar-refractivity contribution is -0.144. The minimum Gasteiger partial charge on any atom is -0.376 e. The molecule has 0 radical (unpaired) electrons. The van der Waals surface area contributed by atoms with E-state index >= 15 is 0 Å². The molecular weight excluding hydrogens is 232 g/mol. The second-order valence-corrected chi connectivity index (χ2v) is 4.16. The van der Waals surface area contributed by atoms with Crippen molar-refractivity contribution in [3.8, 4) is 0 Å². The summed E-state index contributed by atoms with van der Waals surface area (Å²) in [4.78, 5) is 13.8. The number of hydrogen-bond acceptors (Lipinski definition) is 4. The topological polar surface area (TPSA) is 64.8 Å². The van der Waals surface area contributed by atoms with Gasteiger partial charge in [0, 0.05) is 19.3 Å². The maximum atomic E-state index is 12.2. The Morgan fingerprint density at radius 3 is 2.89 bits per heavy atom. The number of carbonyl (C=O) groups excluding carboxylic acids is 1. The van der Waals surface area contributed by atoms with Crippen LogP contribution >= 0.6 is 0 Å². The molecule has 0 saturated carbocycles. The first-order valence-electron chi connectivity index (χ1n) is 5.99. The highest BCUT2D eigenvalue weighted by molar-refractivity contribution is 5.96. The molecule has 1 atom stereocenters. The SMILES string of the molecule is CN(C(=O)C1COCCO1)c1ccccc1CN. The minimum atomic E-state index is -0.519. The summed E-state index contributed by atoms with van der Waals surface area (Å²) in [6.07, 6.45) is -0.519. The molecule has 0 aromatic heterocycles. The van der Waals surface area contributed by atoms with Gasteiger partial charge < -0.3 is 20.1 Å². The molecule has 1 saturated heterocycles. The molecule has 0 aliphatic carbocycles. The zero-order valence-electron chi connectivity index (χ0n) is 10.5. The Morgan fingerprint density at radius 2 is 2.22 bits per heavy atom. The van der Waals surface area contributed by atoms with Crippen LogP contribution in [0.5, 0.6) is 0 Å². The van der Waals surface area contributed by atoms with Crippen molar-refractivity contribution in [2.24, 2.45) is 5.73 Å². The third-order valence-electron chi connectivity index (χ3n) is 2.99. The van der Waals surface area contributed by atoms with Crippen LogP contribution in [0.15, 0.2) is 24.3 Å². The molecule has 5 nitrogen and oxygen atoms in total. The van der Waals surface area contributed by atoms with Crippen LogP contribution in [0.4, 0.5) is 5.69 Å². The maximum absolute atomic E-state index is 12.2. The minimum absolute atomic E-state index is 0.101. The van der Waals surface area contributed by atoms with E-state index in [1.807, 2.05) is 24.3 Å². The number of para-hydroxylation sites is 1. The van der Waals surface area contributed by atoms with Crippen molar-refractivity contribution in [2.45, 2.75) is 12.6 Å². The van der Waals surface area contributed by atoms with E-state index in [1.165, 1.54) is 0 Å². The van der Waals surface area contributed by atoms with Crippen molar-refractivity contribution in [2.75, 3.05) is 31.8 Å². The number of benzene rings is 1. The van der Waals surface area contributed by atoms with E-state index in [2.05, 4.69) is 0 Å². The molecule has 18 heavy (non-hydrogen) atoms. The van der Waals surface area contributed by atoms with E-state index in [0.717, 1.165) is 11.3 Å². The van der Waals surface area contributed by atoms with Crippen molar-refractivity contribution in [1.82, 2.24) is 0 Å². The number of hydrogen-bond donors (Lipinski definition) is 1.